The summed E-state index contributed by atoms with van der Waals surface area (Å²) >= 11 is 0. The van der Waals surface area contributed by atoms with Gasteiger partial charge in [0.25, 0.3) is 11.6 Å². The molecule has 1 unspecified atom stereocenters. The summed E-state index contributed by atoms with van der Waals surface area (Å²) < 4.78 is 102. The van der Waals surface area contributed by atoms with Gasteiger partial charge in [-0.05, 0) is 118 Å². The van der Waals surface area contributed by atoms with Crippen molar-refractivity contribution in [3.05, 3.63) is 126 Å². The number of likely N-dealkylation sites (N-methyl/N-ethyl adjacent to an activating group) is 1. The molecule has 0 saturated carbocycles. The molecule has 0 spiro atoms. The summed E-state index contributed by atoms with van der Waals surface area (Å²) in [6.07, 6.45) is -4.32. The molecule has 5 rings (SSSR count). The second-order valence-electron chi connectivity index (χ2n) is 17.9. The number of carbonyl (C=O) groups excluding carboxylic acids is 4. The molecule has 1 heterocycles. The Kier molecular flexibility index (Phi) is 18.5. The summed E-state index contributed by atoms with van der Waals surface area (Å²) in [5.41, 5.74) is 0.441. The molecular weight excluding hydrogens is 917 g/mol. The van der Waals surface area contributed by atoms with Gasteiger partial charge in [0, 0.05) is 49.5 Å². The molecule has 10 nitrogen and oxygen atoms in total. The van der Waals surface area contributed by atoms with E-state index in [-0.39, 0.29) is 42.9 Å². The van der Waals surface area contributed by atoms with Crippen LogP contribution in [0.25, 0.3) is 22.3 Å². The van der Waals surface area contributed by atoms with Crippen LogP contribution in [0.5, 0.6) is 5.75 Å². The molecule has 70 heavy (non-hydrogen) atoms. The number of amides is 1. The van der Waals surface area contributed by atoms with Crippen LogP contribution in [0.3, 0.4) is 0 Å². The van der Waals surface area contributed by atoms with Gasteiger partial charge in [-0.1, -0.05) is 81.6 Å². The maximum atomic E-state index is 14.2. The largest absolute Gasteiger partial charge is 0.493 e. The number of rotatable bonds is 21. The first-order valence-electron chi connectivity index (χ1n) is 23.5. The van der Waals surface area contributed by atoms with E-state index >= 15 is 0 Å². The number of unbranched alkanes of at least 4 members (excludes halogenated alkanes) is 1. The normalized spacial score (nSPS) is 13.6. The van der Waals surface area contributed by atoms with Gasteiger partial charge in [0.05, 0.1) is 29.9 Å². The number of carbonyl (C=O) groups is 4. The van der Waals surface area contributed by atoms with Crippen LogP contribution in [-0.4, -0.2) is 85.9 Å². The second kappa shape index (κ2) is 23.8. The molecule has 1 atom stereocenters. The van der Waals surface area contributed by atoms with E-state index in [1.807, 2.05) is 0 Å². The first-order valence-corrected chi connectivity index (χ1v) is 23.5. The number of ether oxygens (including phenoxy) is 3. The Labute approximate surface area is 405 Å². The molecule has 0 aromatic heterocycles. The number of hydrogen-bond donors (Lipinski definition) is 0. The Morgan fingerprint density at radius 2 is 1.41 bits per heavy atom. The first-order chi connectivity index (χ1) is 33.1. The SMILES string of the molecule is CCCCC(CC)COc1cccc(N(/C=C(\C(=O)C(F)(F)F)c2cccc(-c3ccc(/C(=C/N4CCc5cc(C(=O)OCCN(CC)C(=O)OC(C)(C)C)ccc54)C(=O)C(F)(F)F)cc3)c2)CC)c1. The van der Waals surface area contributed by atoms with E-state index in [1.54, 1.807) is 77.1 Å². The number of anilines is 2. The number of ketones is 2. The van der Waals surface area contributed by atoms with Crippen LogP contribution in [0.2, 0.25) is 0 Å². The quantitative estimate of drug-likeness (QED) is 0.0458. The molecule has 1 aliphatic rings. The summed E-state index contributed by atoms with van der Waals surface area (Å²) in [6, 6.07) is 22.8. The molecule has 0 radical (unpaired) electrons. The van der Waals surface area contributed by atoms with Gasteiger partial charge < -0.3 is 28.9 Å². The van der Waals surface area contributed by atoms with Gasteiger partial charge >= 0.3 is 24.4 Å². The van der Waals surface area contributed by atoms with E-state index in [0.717, 1.165) is 38.1 Å². The Morgan fingerprint density at radius 1 is 0.743 bits per heavy atom. The van der Waals surface area contributed by atoms with Crippen LogP contribution in [0.4, 0.5) is 42.5 Å². The van der Waals surface area contributed by atoms with Crippen molar-refractivity contribution in [1.82, 2.24) is 4.90 Å². The van der Waals surface area contributed by atoms with Crippen LogP contribution >= 0.6 is 0 Å². The van der Waals surface area contributed by atoms with Crippen molar-refractivity contribution in [2.75, 3.05) is 49.2 Å². The Hall–Kier alpha value is -6.58. The van der Waals surface area contributed by atoms with Gasteiger partial charge in [0.2, 0.25) is 0 Å². The Morgan fingerprint density at radius 3 is 2.04 bits per heavy atom. The smallest absolute Gasteiger partial charge is 0.454 e. The van der Waals surface area contributed by atoms with Crippen molar-refractivity contribution < 1.29 is 59.7 Å². The highest BCUT2D eigenvalue weighted by atomic mass is 19.4. The molecule has 4 aromatic rings. The lowest BCUT2D eigenvalue weighted by atomic mass is 9.95. The number of Topliss-reactive ketones (excluding diaryl/α,β-unsaturated/α-hetero) is 2. The van der Waals surface area contributed by atoms with Gasteiger partial charge in [-0.2, -0.15) is 26.3 Å². The van der Waals surface area contributed by atoms with Crippen LogP contribution in [0.15, 0.2) is 103 Å². The van der Waals surface area contributed by atoms with Gasteiger partial charge in [-0.25, -0.2) is 9.59 Å². The second-order valence-corrected chi connectivity index (χ2v) is 17.9. The van der Waals surface area contributed by atoms with E-state index in [0.29, 0.717) is 59.3 Å². The molecule has 1 aliphatic heterocycles. The number of esters is 1. The van der Waals surface area contributed by atoms with E-state index in [4.69, 9.17) is 14.2 Å². The predicted octanol–water partition coefficient (Wildman–Crippen LogP) is 12.9. The van der Waals surface area contributed by atoms with E-state index in [1.165, 1.54) is 63.2 Å². The Balaban J connectivity index is 1.38. The molecule has 0 aliphatic carbocycles. The lowest BCUT2D eigenvalue weighted by Crippen LogP contribution is -2.38. The van der Waals surface area contributed by atoms with Crippen molar-refractivity contribution in [3.63, 3.8) is 0 Å². The highest BCUT2D eigenvalue weighted by Gasteiger charge is 2.43. The zero-order valence-corrected chi connectivity index (χ0v) is 40.6. The zero-order valence-electron chi connectivity index (χ0n) is 40.6. The number of alkyl halides is 6. The van der Waals surface area contributed by atoms with Gasteiger partial charge in [0.1, 0.15) is 18.0 Å². The third kappa shape index (κ3) is 14.7. The molecule has 0 saturated heterocycles. The van der Waals surface area contributed by atoms with E-state index < -0.39 is 52.7 Å². The molecular formula is C54H61F6N3O7. The number of halogens is 6. The Bertz CT molecular complexity index is 2530. The number of hydrogen-bond acceptors (Lipinski definition) is 9. The fourth-order valence-corrected chi connectivity index (χ4v) is 7.79. The molecule has 0 N–H and O–H groups in total. The van der Waals surface area contributed by atoms with Gasteiger partial charge in [0.15, 0.2) is 0 Å². The summed E-state index contributed by atoms with van der Waals surface area (Å²) in [4.78, 5) is 55.9. The maximum Gasteiger partial charge on any atom is 0.454 e. The van der Waals surface area contributed by atoms with Gasteiger partial charge in [-0.3, -0.25) is 9.59 Å². The number of nitrogens with zero attached hydrogens (tertiary/aromatic N) is 3. The number of benzene rings is 4. The molecule has 376 valence electrons. The van der Waals surface area contributed by atoms with Crippen molar-refractivity contribution in [1.29, 1.82) is 0 Å². The molecule has 0 fully saturated rings. The van der Waals surface area contributed by atoms with Crippen molar-refractivity contribution in [2.24, 2.45) is 5.92 Å². The fraction of sp³-hybridized carbons (Fsp3) is 0.407. The summed E-state index contributed by atoms with van der Waals surface area (Å²) in [7, 11) is 0. The molecule has 1 amide bonds. The lowest BCUT2D eigenvalue weighted by Gasteiger charge is -2.26. The minimum absolute atomic E-state index is 0.0465. The lowest BCUT2D eigenvalue weighted by molar-refractivity contribution is -0.164. The average Bonchev–Trinajstić information content (AvgIpc) is 3.73. The van der Waals surface area contributed by atoms with Crippen LogP contribution in [0.1, 0.15) is 101 Å². The van der Waals surface area contributed by atoms with Gasteiger partial charge in [-0.15, -0.1) is 0 Å². The topological polar surface area (TPSA) is 106 Å². The van der Waals surface area contributed by atoms with E-state index in [9.17, 15) is 45.5 Å². The van der Waals surface area contributed by atoms with E-state index in [2.05, 4.69) is 13.8 Å². The zero-order chi connectivity index (χ0) is 51.4. The third-order valence-electron chi connectivity index (χ3n) is 11.7. The summed E-state index contributed by atoms with van der Waals surface area (Å²) in [5, 5.41) is 0. The van der Waals surface area contributed by atoms with Crippen molar-refractivity contribution >= 4 is 46.2 Å². The van der Waals surface area contributed by atoms with Crippen molar-refractivity contribution in [2.45, 2.75) is 98.5 Å². The molecule has 4 aromatic carbocycles. The van der Waals surface area contributed by atoms with Crippen LogP contribution in [-0.2, 0) is 25.5 Å². The van der Waals surface area contributed by atoms with Crippen molar-refractivity contribution in [3.8, 4) is 16.9 Å². The maximum absolute atomic E-state index is 14.2. The minimum atomic E-state index is -5.24. The first kappa shape index (κ1) is 54.4. The van der Waals surface area contributed by atoms with Crippen LogP contribution < -0.4 is 14.5 Å². The predicted molar refractivity (Wildman–Crippen MR) is 259 cm³/mol. The summed E-state index contributed by atoms with van der Waals surface area (Å²) in [6.45, 7) is 14.1. The fourth-order valence-electron chi connectivity index (χ4n) is 7.79. The highest BCUT2D eigenvalue weighted by Crippen LogP contribution is 2.36. The third-order valence-corrected chi connectivity index (χ3v) is 11.7. The molecule has 0 bridgehead atoms. The minimum Gasteiger partial charge on any atom is -0.493 e. The highest BCUT2D eigenvalue weighted by molar-refractivity contribution is 6.24. The number of fused-ring (bicyclic) bond motifs is 1. The standard InChI is InChI=1S/C54H61F6N3O7/c1-8-12-15-36(9-2)35-69-44-19-14-18-43(32-44)62(11-4)33-46(49(65)54(58,59)60)40-17-13-16-39(30-40)37-20-22-38(23-21-37)45(48(64)53(55,56)57)34-63-27-26-41-31-42(24-25-47(41)63)50(66)68-29-28-61(10-3)51(67)70-52(5,6)7/h13-14,16-25,30-34,36H,8-12,15,26-29,35H2,1-7H3/b45-34-,46-33-. The van der Waals surface area contributed by atoms with Crippen LogP contribution in [0, 0.1) is 5.92 Å². The molecule has 16 heteroatoms. The summed E-state index contributed by atoms with van der Waals surface area (Å²) in [5.74, 6) is -3.94. The number of allylic oxidation sites excluding steroid dienone is 2. The average molecular weight is 978 g/mol. The monoisotopic (exact) mass is 977 g/mol.